The highest BCUT2D eigenvalue weighted by Gasteiger charge is 2.11. The van der Waals surface area contributed by atoms with Gasteiger partial charge in [-0.25, -0.2) is 0 Å². The number of anilines is 1. The van der Waals surface area contributed by atoms with E-state index in [0.717, 1.165) is 22.0 Å². The van der Waals surface area contributed by atoms with E-state index in [4.69, 9.17) is 23.2 Å². The van der Waals surface area contributed by atoms with Gasteiger partial charge in [-0.3, -0.25) is 9.59 Å². The summed E-state index contributed by atoms with van der Waals surface area (Å²) < 4.78 is 1.65. The molecule has 0 aliphatic rings. The van der Waals surface area contributed by atoms with Crippen molar-refractivity contribution >= 4 is 45.7 Å². The summed E-state index contributed by atoms with van der Waals surface area (Å²) in [7, 11) is 0. The molecule has 1 amide bonds. The van der Waals surface area contributed by atoms with Crippen LogP contribution in [-0.4, -0.2) is 10.5 Å². The number of hydrogen-bond acceptors (Lipinski definition) is 2. The molecule has 0 unspecified atom stereocenters. The smallest absolute Gasteiger partial charge is 0.251 e. The Morgan fingerprint density at radius 3 is 2.62 bits per heavy atom. The Bertz CT molecular complexity index is 1060. The van der Waals surface area contributed by atoms with Gasteiger partial charge in [0.05, 0.1) is 16.2 Å². The zero-order valence-electron chi connectivity index (χ0n) is 14.5. The van der Waals surface area contributed by atoms with E-state index in [1.165, 1.54) is 0 Å². The van der Waals surface area contributed by atoms with E-state index in [9.17, 15) is 9.59 Å². The van der Waals surface area contributed by atoms with Crippen molar-refractivity contribution in [2.45, 2.75) is 26.8 Å². The topological polar surface area (TPSA) is 51.1 Å². The van der Waals surface area contributed by atoms with E-state index < -0.39 is 0 Å². The van der Waals surface area contributed by atoms with Gasteiger partial charge in [-0.05, 0) is 43.2 Å². The van der Waals surface area contributed by atoms with Crippen molar-refractivity contribution in [3.8, 4) is 0 Å². The molecule has 0 atom stereocenters. The second-order valence-electron chi connectivity index (χ2n) is 6.21. The van der Waals surface area contributed by atoms with Gasteiger partial charge in [0, 0.05) is 29.4 Å². The molecule has 0 spiro atoms. The maximum absolute atomic E-state index is 12.5. The van der Waals surface area contributed by atoms with Gasteiger partial charge < -0.3 is 9.88 Å². The highest BCUT2D eigenvalue weighted by Crippen LogP contribution is 2.25. The van der Waals surface area contributed by atoms with Crippen LogP contribution in [0.3, 0.4) is 0 Å². The second-order valence-corrected chi connectivity index (χ2v) is 7.05. The number of benzene rings is 2. The van der Waals surface area contributed by atoms with Crippen molar-refractivity contribution in [3.05, 3.63) is 74.0 Å². The minimum absolute atomic E-state index is 0.113. The molecule has 0 bridgehead atoms. The Kier molecular flexibility index (Phi) is 5.35. The van der Waals surface area contributed by atoms with E-state index in [-0.39, 0.29) is 24.4 Å². The number of rotatable bonds is 4. The average Bonchev–Trinajstić information content (AvgIpc) is 2.58. The number of pyridine rings is 1. The first-order valence-corrected chi connectivity index (χ1v) is 8.97. The van der Waals surface area contributed by atoms with Crippen LogP contribution in [0.2, 0.25) is 10.0 Å². The molecule has 26 heavy (non-hydrogen) atoms. The van der Waals surface area contributed by atoms with Crippen molar-refractivity contribution in [2.75, 3.05) is 5.32 Å². The Morgan fingerprint density at radius 2 is 1.85 bits per heavy atom. The van der Waals surface area contributed by atoms with E-state index in [1.807, 2.05) is 32.0 Å². The predicted molar refractivity (Wildman–Crippen MR) is 107 cm³/mol. The summed E-state index contributed by atoms with van der Waals surface area (Å²) in [5.74, 6) is -0.233. The third kappa shape index (κ3) is 3.76. The van der Waals surface area contributed by atoms with Crippen molar-refractivity contribution in [3.63, 3.8) is 0 Å². The molecule has 1 aromatic heterocycles. The minimum Gasteiger partial charge on any atom is -0.325 e. The standard InChI is InChI=1S/C20H18Cl2N2O2/c1-12-4-3-5-15-13(2)10-19(26)24(20(12)15)9-8-18(25)23-17-11-14(21)6-7-16(17)22/h3-7,10-11H,8-9H2,1-2H3,(H,23,25). The number of aromatic nitrogens is 1. The van der Waals surface area contributed by atoms with Gasteiger partial charge in [-0.2, -0.15) is 0 Å². The van der Waals surface area contributed by atoms with Crippen LogP contribution in [0.5, 0.6) is 0 Å². The molecule has 6 heteroatoms. The third-order valence-corrected chi connectivity index (χ3v) is 4.87. The Hall–Kier alpha value is -2.30. The molecule has 1 heterocycles. The first kappa shape index (κ1) is 18.5. The van der Waals surface area contributed by atoms with Crippen LogP contribution in [0.1, 0.15) is 17.5 Å². The summed E-state index contributed by atoms with van der Waals surface area (Å²) in [6, 6.07) is 12.4. The number of carbonyl (C=O) groups is 1. The van der Waals surface area contributed by atoms with Gasteiger partial charge in [0.25, 0.3) is 5.56 Å². The molecular formula is C20H18Cl2N2O2. The molecule has 0 aliphatic carbocycles. The molecule has 0 aliphatic heterocycles. The zero-order chi connectivity index (χ0) is 18.8. The summed E-state index contributed by atoms with van der Waals surface area (Å²) >= 11 is 12.0. The Balaban J connectivity index is 1.85. The molecule has 4 nitrogen and oxygen atoms in total. The maximum atomic E-state index is 12.5. The molecule has 1 N–H and O–H groups in total. The number of aryl methyl sites for hydroxylation is 3. The highest BCUT2D eigenvalue weighted by atomic mass is 35.5. The number of fused-ring (bicyclic) bond motifs is 1. The van der Waals surface area contributed by atoms with Crippen LogP contribution < -0.4 is 10.9 Å². The van der Waals surface area contributed by atoms with Gasteiger partial charge in [0.1, 0.15) is 0 Å². The highest BCUT2D eigenvalue weighted by molar-refractivity contribution is 6.35. The zero-order valence-corrected chi connectivity index (χ0v) is 16.0. The summed E-state index contributed by atoms with van der Waals surface area (Å²) in [6.45, 7) is 4.16. The fourth-order valence-electron chi connectivity index (χ4n) is 3.03. The summed E-state index contributed by atoms with van der Waals surface area (Å²) in [4.78, 5) is 24.8. The molecule has 0 saturated carbocycles. The number of carbonyl (C=O) groups excluding carboxylic acids is 1. The minimum atomic E-state index is -0.233. The summed E-state index contributed by atoms with van der Waals surface area (Å²) in [5.41, 5.74) is 3.15. The first-order valence-electron chi connectivity index (χ1n) is 8.21. The van der Waals surface area contributed by atoms with E-state index in [1.54, 1.807) is 28.8 Å². The third-order valence-electron chi connectivity index (χ3n) is 4.30. The normalized spacial score (nSPS) is 10.9. The van der Waals surface area contributed by atoms with Crippen LogP contribution in [0.15, 0.2) is 47.3 Å². The molecule has 0 fully saturated rings. The quantitative estimate of drug-likeness (QED) is 0.686. The predicted octanol–water partition coefficient (Wildman–Crippen LogP) is 4.95. The Labute approximate surface area is 161 Å². The molecule has 3 rings (SSSR count). The lowest BCUT2D eigenvalue weighted by molar-refractivity contribution is -0.116. The van der Waals surface area contributed by atoms with Crippen molar-refractivity contribution in [1.29, 1.82) is 0 Å². The van der Waals surface area contributed by atoms with Gasteiger partial charge >= 0.3 is 0 Å². The Morgan fingerprint density at radius 1 is 1.08 bits per heavy atom. The number of hydrogen-bond donors (Lipinski definition) is 1. The number of nitrogens with zero attached hydrogens (tertiary/aromatic N) is 1. The van der Waals surface area contributed by atoms with Gasteiger partial charge in [-0.15, -0.1) is 0 Å². The average molecular weight is 389 g/mol. The van der Waals surface area contributed by atoms with Crippen LogP contribution >= 0.6 is 23.2 Å². The van der Waals surface area contributed by atoms with Crippen molar-refractivity contribution < 1.29 is 4.79 Å². The van der Waals surface area contributed by atoms with E-state index in [0.29, 0.717) is 15.7 Å². The number of para-hydroxylation sites is 1. The van der Waals surface area contributed by atoms with E-state index in [2.05, 4.69) is 5.32 Å². The van der Waals surface area contributed by atoms with Gasteiger partial charge in [0.15, 0.2) is 0 Å². The molecule has 0 radical (unpaired) electrons. The molecule has 3 aromatic rings. The lowest BCUT2D eigenvalue weighted by Gasteiger charge is -2.14. The summed E-state index contributed by atoms with van der Waals surface area (Å²) in [5, 5.41) is 4.66. The lowest BCUT2D eigenvalue weighted by Crippen LogP contribution is -2.24. The summed E-state index contributed by atoms with van der Waals surface area (Å²) in [6.07, 6.45) is 0.148. The molecule has 0 saturated heterocycles. The lowest BCUT2D eigenvalue weighted by atomic mass is 10.1. The van der Waals surface area contributed by atoms with Gasteiger partial charge in [0.2, 0.25) is 5.91 Å². The van der Waals surface area contributed by atoms with Crippen molar-refractivity contribution in [2.24, 2.45) is 0 Å². The monoisotopic (exact) mass is 388 g/mol. The van der Waals surface area contributed by atoms with E-state index >= 15 is 0 Å². The number of amides is 1. The van der Waals surface area contributed by atoms with Crippen LogP contribution in [0.4, 0.5) is 5.69 Å². The second kappa shape index (κ2) is 7.52. The fraction of sp³-hybridized carbons (Fsp3) is 0.200. The van der Waals surface area contributed by atoms with Crippen LogP contribution in [0.25, 0.3) is 10.9 Å². The fourth-order valence-corrected chi connectivity index (χ4v) is 3.36. The largest absolute Gasteiger partial charge is 0.325 e. The first-order chi connectivity index (χ1) is 12.4. The maximum Gasteiger partial charge on any atom is 0.251 e. The molecule has 2 aromatic carbocycles. The van der Waals surface area contributed by atoms with Crippen LogP contribution in [0, 0.1) is 13.8 Å². The van der Waals surface area contributed by atoms with Crippen LogP contribution in [-0.2, 0) is 11.3 Å². The molecule has 134 valence electrons. The number of halogens is 2. The number of nitrogens with one attached hydrogen (secondary N) is 1. The van der Waals surface area contributed by atoms with Crippen molar-refractivity contribution in [1.82, 2.24) is 4.57 Å². The molecular weight excluding hydrogens is 371 g/mol. The van der Waals surface area contributed by atoms with Gasteiger partial charge in [-0.1, -0.05) is 41.4 Å². The SMILES string of the molecule is Cc1cc(=O)n(CCC(=O)Nc2cc(Cl)ccc2Cl)c2c(C)cccc12.